The lowest BCUT2D eigenvalue weighted by Gasteiger charge is -2.25. The third-order valence-corrected chi connectivity index (χ3v) is 3.71. The summed E-state index contributed by atoms with van der Waals surface area (Å²) in [4.78, 5) is 24.8. The number of amides is 2. The van der Waals surface area contributed by atoms with Crippen LogP contribution in [-0.2, 0) is 0 Å². The number of phenols is 1. The summed E-state index contributed by atoms with van der Waals surface area (Å²) in [7, 11) is 1.69. The second kappa shape index (κ2) is 5.40. The van der Waals surface area contributed by atoms with E-state index in [1.54, 1.807) is 11.9 Å². The molecule has 1 saturated carbocycles. The zero-order chi connectivity index (χ0) is 14.9. The monoisotopic (exact) mass is 278 g/mol. The number of hydrogen-bond donors (Lipinski definition) is 3. The molecule has 0 aromatic heterocycles. The fraction of sp³-hybridized carbons (Fsp3) is 0.429. The Bertz CT molecular complexity index is 540. The van der Waals surface area contributed by atoms with Crippen molar-refractivity contribution in [2.45, 2.75) is 25.8 Å². The van der Waals surface area contributed by atoms with Crippen LogP contribution in [0.15, 0.2) is 18.2 Å². The number of nitrogens with one attached hydrogen (secondary N) is 1. The van der Waals surface area contributed by atoms with Crippen LogP contribution in [0.5, 0.6) is 5.75 Å². The molecule has 1 atom stereocenters. The molecule has 0 saturated heterocycles. The van der Waals surface area contributed by atoms with Crippen LogP contribution in [0, 0.1) is 5.92 Å². The van der Waals surface area contributed by atoms with E-state index in [1.165, 1.54) is 12.1 Å². The maximum atomic E-state index is 12.1. The molecule has 1 fully saturated rings. The van der Waals surface area contributed by atoms with Crippen molar-refractivity contribution in [2.24, 2.45) is 5.92 Å². The van der Waals surface area contributed by atoms with Crippen molar-refractivity contribution in [3.63, 3.8) is 0 Å². The summed E-state index contributed by atoms with van der Waals surface area (Å²) >= 11 is 0. The Kier molecular flexibility index (Phi) is 3.83. The van der Waals surface area contributed by atoms with E-state index in [0.29, 0.717) is 5.92 Å². The second-order valence-electron chi connectivity index (χ2n) is 5.15. The van der Waals surface area contributed by atoms with E-state index < -0.39 is 5.97 Å². The topological polar surface area (TPSA) is 89.9 Å². The van der Waals surface area contributed by atoms with Gasteiger partial charge in [0, 0.05) is 13.1 Å². The molecule has 0 aliphatic heterocycles. The predicted molar refractivity (Wildman–Crippen MR) is 74.0 cm³/mol. The number of carbonyl (C=O) groups excluding carboxylic acids is 1. The average molecular weight is 278 g/mol. The second-order valence-corrected chi connectivity index (χ2v) is 5.15. The molecule has 1 aliphatic rings. The largest absolute Gasteiger partial charge is 0.508 e. The molecule has 6 heteroatoms. The van der Waals surface area contributed by atoms with Gasteiger partial charge in [0.05, 0.1) is 11.3 Å². The molecule has 1 unspecified atom stereocenters. The minimum absolute atomic E-state index is 0.125. The molecule has 20 heavy (non-hydrogen) atoms. The van der Waals surface area contributed by atoms with E-state index in [1.807, 2.05) is 6.92 Å². The molecule has 108 valence electrons. The zero-order valence-corrected chi connectivity index (χ0v) is 11.5. The summed E-state index contributed by atoms with van der Waals surface area (Å²) in [6.45, 7) is 1.98. The number of urea groups is 1. The number of aromatic hydroxyl groups is 1. The number of aromatic carboxylic acids is 1. The summed E-state index contributed by atoms with van der Waals surface area (Å²) < 4.78 is 0. The Morgan fingerprint density at radius 3 is 2.60 bits per heavy atom. The number of phenolic OH excluding ortho intramolecular Hbond substituents is 1. The Morgan fingerprint density at radius 1 is 1.40 bits per heavy atom. The lowest BCUT2D eigenvalue weighted by molar-refractivity contribution is 0.0697. The van der Waals surface area contributed by atoms with Gasteiger partial charge in [0.1, 0.15) is 5.75 Å². The predicted octanol–water partition coefficient (Wildman–Crippen LogP) is 2.35. The van der Waals surface area contributed by atoms with Gasteiger partial charge in [0.15, 0.2) is 0 Å². The highest BCUT2D eigenvalue weighted by Gasteiger charge is 2.32. The van der Waals surface area contributed by atoms with Crippen molar-refractivity contribution in [1.29, 1.82) is 0 Å². The number of rotatable bonds is 4. The van der Waals surface area contributed by atoms with Crippen molar-refractivity contribution in [1.82, 2.24) is 4.90 Å². The number of hydrogen-bond acceptors (Lipinski definition) is 3. The van der Waals surface area contributed by atoms with Crippen LogP contribution in [0.25, 0.3) is 0 Å². The van der Waals surface area contributed by atoms with Crippen LogP contribution in [0.4, 0.5) is 10.5 Å². The third kappa shape index (κ3) is 3.01. The van der Waals surface area contributed by atoms with Crippen LogP contribution >= 0.6 is 0 Å². The normalized spacial score (nSPS) is 15.5. The van der Waals surface area contributed by atoms with Gasteiger partial charge in [-0.05, 0) is 43.9 Å². The van der Waals surface area contributed by atoms with Crippen molar-refractivity contribution < 1.29 is 19.8 Å². The van der Waals surface area contributed by atoms with Gasteiger partial charge >= 0.3 is 12.0 Å². The van der Waals surface area contributed by atoms with Crippen molar-refractivity contribution in [3.05, 3.63) is 23.8 Å². The molecule has 2 rings (SSSR count). The Balaban J connectivity index is 2.12. The molecule has 1 aromatic rings. The smallest absolute Gasteiger partial charge is 0.337 e. The zero-order valence-electron chi connectivity index (χ0n) is 11.5. The van der Waals surface area contributed by atoms with Crippen LogP contribution < -0.4 is 5.32 Å². The Labute approximate surface area is 117 Å². The molecular weight excluding hydrogens is 260 g/mol. The molecule has 0 spiro atoms. The maximum Gasteiger partial charge on any atom is 0.337 e. The first-order chi connectivity index (χ1) is 9.40. The fourth-order valence-corrected chi connectivity index (χ4v) is 2.10. The SMILES string of the molecule is CC(C1CC1)N(C)C(=O)Nc1ccc(O)cc1C(=O)O. The standard InChI is InChI=1S/C14H18N2O4/c1-8(9-3-4-9)16(2)14(20)15-12-6-5-10(17)7-11(12)13(18)19/h5-9,17H,3-4H2,1-2H3,(H,15,20)(H,18,19). The summed E-state index contributed by atoms with van der Waals surface area (Å²) in [6.07, 6.45) is 2.25. The first kappa shape index (κ1) is 14.2. The first-order valence-corrected chi connectivity index (χ1v) is 6.50. The van der Waals surface area contributed by atoms with Crippen LogP contribution in [-0.4, -0.2) is 40.2 Å². The number of carbonyl (C=O) groups is 2. The molecule has 6 nitrogen and oxygen atoms in total. The molecular formula is C14H18N2O4. The van der Waals surface area contributed by atoms with Crippen LogP contribution in [0.2, 0.25) is 0 Å². The van der Waals surface area contributed by atoms with Crippen molar-refractivity contribution in [2.75, 3.05) is 12.4 Å². The fourth-order valence-electron chi connectivity index (χ4n) is 2.10. The summed E-state index contributed by atoms with van der Waals surface area (Å²) in [6, 6.07) is 3.61. The van der Waals surface area contributed by atoms with Gasteiger partial charge in [-0.15, -0.1) is 0 Å². The van der Waals surface area contributed by atoms with Gasteiger partial charge in [0.2, 0.25) is 0 Å². The van der Waals surface area contributed by atoms with Crippen LogP contribution in [0.3, 0.4) is 0 Å². The molecule has 3 N–H and O–H groups in total. The van der Waals surface area contributed by atoms with E-state index in [-0.39, 0.29) is 29.1 Å². The highest BCUT2D eigenvalue weighted by molar-refractivity contribution is 6.00. The minimum Gasteiger partial charge on any atom is -0.508 e. The molecule has 0 radical (unpaired) electrons. The minimum atomic E-state index is -1.20. The number of carboxylic acid groups (broad SMARTS) is 1. The number of nitrogens with zero attached hydrogens (tertiary/aromatic N) is 1. The molecule has 0 bridgehead atoms. The van der Waals surface area contributed by atoms with Gasteiger partial charge in [-0.1, -0.05) is 0 Å². The van der Waals surface area contributed by atoms with Gasteiger partial charge in [-0.3, -0.25) is 0 Å². The van der Waals surface area contributed by atoms with E-state index in [2.05, 4.69) is 5.32 Å². The van der Waals surface area contributed by atoms with E-state index in [4.69, 9.17) is 5.11 Å². The first-order valence-electron chi connectivity index (χ1n) is 6.50. The summed E-state index contributed by atoms with van der Waals surface area (Å²) in [5, 5.41) is 21.0. The molecule has 1 aromatic carbocycles. The van der Waals surface area contributed by atoms with Gasteiger partial charge < -0.3 is 20.4 Å². The molecule has 1 aliphatic carbocycles. The number of anilines is 1. The maximum absolute atomic E-state index is 12.1. The molecule has 2 amide bonds. The number of carboxylic acids is 1. The average Bonchev–Trinajstić information content (AvgIpc) is 3.23. The van der Waals surface area contributed by atoms with Gasteiger partial charge in [0.25, 0.3) is 0 Å². The van der Waals surface area contributed by atoms with Crippen molar-refractivity contribution in [3.8, 4) is 5.75 Å². The summed E-state index contributed by atoms with van der Waals surface area (Å²) in [5.74, 6) is -0.821. The quantitative estimate of drug-likeness (QED) is 0.737. The lowest BCUT2D eigenvalue weighted by atomic mass is 10.1. The van der Waals surface area contributed by atoms with Gasteiger partial charge in [-0.25, -0.2) is 9.59 Å². The Hall–Kier alpha value is -2.24. The highest BCUT2D eigenvalue weighted by atomic mass is 16.4. The summed E-state index contributed by atoms with van der Waals surface area (Å²) in [5.41, 5.74) is 0.0426. The highest BCUT2D eigenvalue weighted by Crippen LogP contribution is 2.34. The van der Waals surface area contributed by atoms with E-state index in [9.17, 15) is 14.7 Å². The Morgan fingerprint density at radius 2 is 2.05 bits per heavy atom. The van der Waals surface area contributed by atoms with Crippen molar-refractivity contribution >= 4 is 17.7 Å². The molecule has 0 heterocycles. The van der Waals surface area contributed by atoms with E-state index >= 15 is 0 Å². The third-order valence-electron chi connectivity index (χ3n) is 3.71. The number of benzene rings is 1. The lowest BCUT2D eigenvalue weighted by Crippen LogP contribution is -2.39. The van der Waals surface area contributed by atoms with E-state index in [0.717, 1.165) is 18.9 Å². The van der Waals surface area contributed by atoms with Crippen LogP contribution in [0.1, 0.15) is 30.1 Å². The van der Waals surface area contributed by atoms with Gasteiger partial charge in [-0.2, -0.15) is 0 Å².